The van der Waals surface area contributed by atoms with Crippen molar-refractivity contribution in [1.82, 2.24) is 26.6 Å². The molecular formula is C28H45N5O8S2. The molecule has 1 unspecified atom stereocenters. The number of hydrogen-bond acceptors (Lipinski definition) is 10. The quantitative estimate of drug-likeness (QED) is 0.123. The van der Waals surface area contributed by atoms with E-state index < -0.39 is 72.1 Å². The van der Waals surface area contributed by atoms with Crippen LogP contribution in [0, 0.1) is 5.92 Å². The normalized spacial score (nSPS) is 25.0. The first-order valence-corrected chi connectivity index (χ1v) is 17.0. The van der Waals surface area contributed by atoms with Gasteiger partial charge in [-0.25, -0.2) is 4.79 Å². The fourth-order valence-electron chi connectivity index (χ4n) is 4.09. The van der Waals surface area contributed by atoms with Gasteiger partial charge in [0.05, 0.1) is 6.42 Å². The van der Waals surface area contributed by atoms with Gasteiger partial charge in [0.2, 0.25) is 23.6 Å². The second-order valence-electron chi connectivity index (χ2n) is 11.6. The number of amides is 5. The van der Waals surface area contributed by atoms with Gasteiger partial charge >= 0.3 is 12.1 Å². The molecule has 4 atom stereocenters. The first-order chi connectivity index (χ1) is 20.2. The Kier molecular flexibility index (Phi) is 15.2. The number of alkyl carbamates (subject to hydrolysis) is 1. The summed E-state index contributed by atoms with van der Waals surface area (Å²) in [6.45, 7) is 8.67. The molecule has 2 rings (SSSR count). The predicted octanol–water partition coefficient (Wildman–Crippen LogP) is 1.56. The molecule has 5 amide bonds. The van der Waals surface area contributed by atoms with Crippen molar-refractivity contribution in [1.29, 1.82) is 0 Å². The number of unbranched alkanes of at least 4 members (excludes halogenated alkanes) is 1. The molecule has 242 valence electrons. The third kappa shape index (κ3) is 14.4. The zero-order valence-electron chi connectivity index (χ0n) is 25.5. The van der Waals surface area contributed by atoms with Crippen molar-refractivity contribution < 1.29 is 38.2 Å². The van der Waals surface area contributed by atoms with Crippen LogP contribution in [0.3, 0.4) is 0 Å². The van der Waals surface area contributed by atoms with Crippen molar-refractivity contribution in [2.24, 2.45) is 5.92 Å². The van der Waals surface area contributed by atoms with E-state index in [1.54, 1.807) is 40.7 Å². The number of fused-ring (bicyclic) bond motifs is 7. The standard InChI is InChI=1S/C28H45N5O8S2/c1-17(2)23-26(38)30-15-22(35)40-18-10-7-9-13-42-43-16-20(25(37)33-23)32-24(36)19(31-21(34)14-18)11-6-8-12-29-27(39)41-28(3,4)5/h7,10,17-20,23H,6,8-9,11-16H2,1-5H3,(H,29,39)(H,30,38)(H,31,34)(H,32,36)(H,33,37)/t18?,19-,20-,23-/m1/s1. The fourth-order valence-corrected chi connectivity index (χ4v) is 6.25. The summed E-state index contributed by atoms with van der Waals surface area (Å²) in [5.74, 6) is -2.34. The molecule has 0 spiro atoms. The third-order valence-electron chi connectivity index (χ3n) is 6.23. The van der Waals surface area contributed by atoms with Gasteiger partial charge in [0.1, 0.15) is 36.4 Å². The van der Waals surface area contributed by atoms with Crippen LogP contribution in [0.5, 0.6) is 0 Å². The van der Waals surface area contributed by atoms with E-state index in [1.807, 2.05) is 6.08 Å². The number of allylic oxidation sites excluding steroid dienone is 1. The van der Waals surface area contributed by atoms with Crippen LogP contribution in [0.25, 0.3) is 0 Å². The van der Waals surface area contributed by atoms with E-state index in [0.717, 1.165) is 0 Å². The topological polar surface area (TPSA) is 181 Å². The molecule has 1 fully saturated rings. The monoisotopic (exact) mass is 643 g/mol. The number of rotatable bonds is 6. The van der Waals surface area contributed by atoms with Crippen LogP contribution >= 0.6 is 21.6 Å². The molecule has 2 aliphatic heterocycles. The van der Waals surface area contributed by atoms with Crippen LogP contribution in [0.1, 0.15) is 66.7 Å². The highest BCUT2D eigenvalue weighted by molar-refractivity contribution is 8.76. The minimum Gasteiger partial charge on any atom is -0.456 e. The lowest BCUT2D eigenvalue weighted by Gasteiger charge is -2.27. The van der Waals surface area contributed by atoms with Gasteiger partial charge in [-0.3, -0.25) is 24.0 Å². The van der Waals surface area contributed by atoms with Crippen molar-refractivity contribution in [3.05, 3.63) is 12.2 Å². The lowest BCUT2D eigenvalue weighted by molar-refractivity contribution is -0.148. The minimum atomic E-state index is -0.996. The molecule has 0 aromatic heterocycles. The van der Waals surface area contributed by atoms with Crippen LogP contribution in [0.2, 0.25) is 0 Å². The summed E-state index contributed by atoms with van der Waals surface area (Å²) >= 11 is 0. The summed E-state index contributed by atoms with van der Waals surface area (Å²) in [6.07, 6.45) is 3.57. The largest absolute Gasteiger partial charge is 0.456 e. The average Bonchev–Trinajstić information content (AvgIpc) is 2.90. The molecule has 2 heterocycles. The van der Waals surface area contributed by atoms with E-state index in [-0.39, 0.29) is 24.5 Å². The van der Waals surface area contributed by atoms with Gasteiger partial charge in [-0.1, -0.05) is 41.5 Å². The number of ether oxygens (including phenoxy) is 2. The van der Waals surface area contributed by atoms with Gasteiger partial charge in [-0.15, -0.1) is 0 Å². The predicted molar refractivity (Wildman–Crippen MR) is 165 cm³/mol. The molecule has 0 aliphatic carbocycles. The summed E-state index contributed by atoms with van der Waals surface area (Å²) < 4.78 is 10.7. The lowest BCUT2D eigenvalue weighted by atomic mass is 10.0. The molecule has 0 aromatic rings. The molecule has 0 saturated carbocycles. The fraction of sp³-hybridized carbons (Fsp3) is 0.714. The SMILES string of the molecule is CC(C)[C@H]1NC(=O)[C@H]2CSSCCC=CC(CC(=O)N[C@H](CCCCNC(=O)OC(C)(C)C)C(=O)N2)OC(=O)CNC1=O. The second kappa shape index (κ2) is 18.0. The van der Waals surface area contributed by atoms with Crippen LogP contribution in [-0.2, 0) is 33.4 Å². The molecule has 0 radical (unpaired) electrons. The molecule has 0 aromatic carbocycles. The van der Waals surface area contributed by atoms with Gasteiger partial charge < -0.3 is 36.1 Å². The summed E-state index contributed by atoms with van der Waals surface area (Å²) in [7, 11) is 2.92. The lowest BCUT2D eigenvalue weighted by Crippen LogP contribution is -2.59. The van der Waals surface area contributed by atoms with E-state index in [2.05, 4.69) is 26.6 Å². The molecule has 1 saturated heterocycles. The van der Waals surface area contributed by atoms with Crippen LogP contribution < -0.4 is 26.6 Å². The van der Waals surface area contributed by atoms with E-state index >= 15 is 0 Å². The third-order valence-corrected chi connectivity index (χ3v) is 8.68. The Morgan fingerprint density at radius 1 is 1.05 bits per heavy atom. The highest BCUT2D eigenvalue weighted by atomic mass is 33.1. The molecule has 13 nitrogen and oxygen atoms in total. The highest BCUT2D eigenvalue weighted by Crippen LogP contribution is 2.24. The number of nitrogens with one attached hydrogen (secondary N) is 5. The number of hydrogen-bond donors (Lipinski definition) is 5. The zero-order chi connectivity index (χ0) is 32.0. The summed E-state index contributed by atoms with van der Waals surface area (Å²) in [4.78, 5) is 77.3. The minimum absolute atomic E-state index is 0.223. The maximum absolute atomic E-state index is 13.5. The highest BCUT2D eigenvalue weighted by Gasteiger charge is 2.32. The maximum Gasteiger partial charge on any atom is 0.407 e. The average molecular weight is 644 g/mol. The van der Waals surface area contributed by atoms with Gasteiger partial charge in [-0.2, -0.15) is 0 Å². The first-order valence-electron chi connectivity index (χ1n) is 14.5. The zero-order valence-corrected chi connectivity index (χ0v) is 27.1. The van der Waals surface area contributed by atoms with Crippen molar-refractivity contribution in [2.45, 2.75) is 96.6 Å². The van der Waals surface area contributed by atoms with Crippen molar-refractivity contribution in [2.75, 3.05) is 24.6 Å². The Labute approximate surface area is 260 Å². The number of esters is 1. The summed E-state index contributed by atoms with van der Waals surface area (Å²) in [6, 6.07) is -2.94. The summed E-state index contributed by atoms with van der Waals surface area (Å²) in [5, 5.41) is 13.4. The molecule has 43 heavy (non-hydrogen) atoms. The van der Waals surface area contributed by atoms with Gasteiger partial charge in [0, 0.05) is 18.1 Å². The number of carbonyl (C=O) groups is 6. The molecule has 2 aliphatic rings. The first kappa shape index (κ1) is 36.3. The Morgan fingerprint density at radius 2 is 1.79 bits per heavy atom. The van der Waals surface area contributed by atoms with Crippen molar-refractivity contribution >= 4 is 57.3 Å². The molecular weight excluding hydrogens is 598 g/mol. The van der Waals surface area contributed by atoms with E-state index in [9.17, 15) is 28.8 Å². The van der Waals surface area contributed by atoms with Crippen LogP contribution in [0.15, 0.2) is 12.2 Å². The van der Waals surface area contributed by atoms with Gasteiger partial charge in [-0.05, 0) is 58.4 Å². The van der Waals surface area contributed by atoms with Crippen LogP contribution in [0.4, 0.5) is 4.79 Å². The molecule has 2 bridgehead atoms. The Morgan fingerprint density at radius 3 is 2.49 bits per heavy atom. The molecule has 5 N–H and O–H groups in total. The van der Waals surface area contributed by atoms with Crippen molar-refractivity contribution in [3.8, 4) is 0 Å². The Hall–Kier alpha value is -2.94. The second-order valence-corrected chi connectivity index (χ2v) is 14.2. The van der Waals surface area contributed by atoms with E-state index in [0.29, 0.717) is 31.6 Å². The number of carbonyl (C=O) groups excluding carboxylic acids is 6. The Balaban J connectivity index is 2.27. The molecule has 15 heteroatoms. The van der Waals surface area contributed by atoms with Crippen molar-refractivity contribution in [3.63, 3.8) is 0 Å². The van der Waals surface area contributed by atoms with Gasteiger partial charge in [0.25, 0.3) is 0 Å². The summed E-state index contributed by atoms with van der Waals surface area (Å²) in [5.41, 5.74) is -0.629. The van der Waals surface area contributed by atoms with E-state index in [4.69, 9.17) is 9.47 Å². The van der Waals surface area contributed by atoms with E-state index in [1.165, 1.54) is 21.6 Å². The van der Waals surface area contributed by atoms with Gasteiger partial charge in [0.15, 0.2) is 0 Å². The maximum atomic E-state index is 13.5. The van der Waals surface area contributed by atoms with Crippen LogP contribution in [-0.4, -0.2) is 90.1 Å². The Bertz CT molecular complexity index is 1030. The smallest absolute Gasteiger partial charge is 0.407 e.